The zero-order chi connectivity index (χ0) is 24.3. The van der Waals surface area contributed by atoms with E-state index in [-0.39, 0.29) is 11.8 Å². The Bertz CT molecular complexity index is 1020. The molecule has 8 heteroatoms. The standard InChI is InChI=1S/C24H25N3O.C2H2O4/c28-24(23(21-9-3-1-4-10-21)22-11-5-2-6-12-22)27-16-14-26(15-17-27)19-20-8-7-13-25-18-20;3-1(4)2(5)6/h1-13,18,23H,14-17,19H2;(H,3,4)(H,5,6). The van der Waals surface area contributed by atoms with Crippen molar-refractivity contribution in [3.8, 4) is 0 Å². The smallest absolute Gasteiger partial charge is 0.414 e. The number of carboxylic acid groups (broad SMARTS) is 2. The normalized spacial score (nSPS) is 13.6. The highest BCUT2D eigenvalue weighted by molar-refractivity contribution is 6.27. The van der Waals surface area contributed by atoms with Crippen molar-refractivity contribution in [2.75, 3.05) is 26.2 Å². The van der Waals surface area contributed by atoms with E-state index >= 15 is 0 Å². The third-order valence-corrected chi connectivity index (χ3v) is 5.51. The van der Waals surface area contributed by atoms with Crippen LogP contribution >= 0.6 is 0 Å². The van der Waals surface area contributed by atoms with Crippen molar-refractivity contribution in [3.63, 3.8) is 0 Å². The SMILES string of the molecule is O=C(C(c1ccccc1)c1ccccc1)N1CCN(Cc2cccnc2)CC1.O=C(O)C(=O)O. The molecule has 176 valence electrons. The van der Waals surface area contributed by atoms with Crippen molar-refractivity contribution in [1.29, 1.82) is 0 Å². The Labute approximate surface area is 198 Å². The molecule has 34 heavy (non-hydrogen) atoms. The number of hydrogen-bond donors (Lipinski definition) is 2. The first-order chi connectivity index (χ1) is 16.5. The van der Waals surface area contributed by atoms with Crippen LogP contribution in [-0.2, 0) is 20.9 Å². The maximum Gasteiger partial charge on any atom is 0.414 e. The fourth-order valence-electron chi connectivity index (χ4n) is 3.83. The maximum absolute atomic E-state index is 13.5. The highest BCUT2D eigenvalue weighted by Gasteiger charge is 2.29. The quantitative estimate of drug-likeness (QED) is 0.562. The van der Waals surface area contributed by atoms with E-state index in [1.807, 2.05) is 77.8 Å². The zero-order valence-electron chi connectivity index (χ0n) is 18.7. The van der Waals surface area contributed by atoms with Crippen LogP contribution in [0.25, 0.3) is 0 Å². The molecule has 1 aliphatic heterocycles. The lowest BCUT2D eigenvalue weighted by Gasteiger charge is -2.36. The summed E-state index contributed by atoms with van der Waals surface area (Å²) in [5, 5.41) is 14.8. The van der Waals surface area contributed by atoms with E-state index in [1.54, 1.807) is 6.20 Å². The molecular formula is C26H27N3O5. The van der Waals surface area contributed by atoms with Crippen LogP contribution in [0.4, 0.5) is 0 Å². The van der Waals surface area contributed by atoms with Crippen LogP contribution in [0.1, 0.15) is 22.6 Å². The number of carbonyl (C=O) groups excluding carboxylic acids is 1. The molecule has 2 heterocycles. The average molecular weight is 462 g/mol. The van der Waals surface area contributed by atoms with E-state index in [0.717, 1.165) is 43.9 Å². The Morgan fingerprint density at radius 2 is 1.29 bits per heavy atom. The Hall–Kier alpha value is -4.04. The van der Waals surface area contributed by atoms with Gasteiger partial charge in [0.25, 0.3) is 0 Å². The van der Waals surface area contributed by atoms with E-state index in [9.17, 15) is 4.79 Å². The molecule has 0 unspecified atom stereocenters. The lowest BCUT2D eigenvalue weighted by molar-refractivity contribution is -0.159. The molecule has 2 aromatic carbocycles. The van der Waals surface area contributed by atoms with Gasteiger partial charge in [-0.25, -0.2) is 9.59 Å². The highest BCUT2D eigenvalue weighted by atomic mass is 16.4. The summed E-state index contributed by atoms with van der Waals surface area (Å²) in [6.07, 6.45) is 3.71. The van der Waals surface area contributed by atoms with Crippen molar-refractivity contribution in [3.05, 3.63) is 102 Å². The molecule has 0 radical (unpaired) electrons. The maximum atomic E-state index is 13.5. The molecular weight excluding hydrogens is 434 g/mol. The predicted octanol–water partition coefficient (Wildman–Crippen LogP) is 2.71. The molecule has 0 atom stereocenters. The lowest BCUT2D eigenvalue weighted by Crippen LogP contribution is -2.49. The van der Waals surface area contributed by atoms with Gasteiger partial charge in [-0.3, -0.25) is 14.7 Å². The summed E-state index contributed by atoms with van der Waals surface area (Å²) in [4.78, 5) is 40.3. The third-order valence-electron chi connectivity index (χ3n) is 5.51. The van der Waals surface area contributed by atoms with E-state index in [2.05, 4.69) is 16.0 Å². The second-order valence-electron chi connectivity index (χ2n) is 7.83. The minimum atomic E-state index is -1.82. The fourth-order valence-corrected chi connectivity index (χ4v) is 3.83. The molecule has 0 aliphatic carbocycles. The van der Waals surface area contributed by atoms with Gasteiger partial charge in [0.2, 0.25) is 5.91 Å². The number of carbonyl (C=O) groups is 3. The molecule has 1 fully saturated rings. The van der Waals surface area contributed by atoms with Gasteiger partial charge in [0.1, 0.15) is 0 Å². The largest absolute Gasteiger partial charge is 0.473 e. The first kappa shape index (κ1) is 24.6. The minimum Gasteiger partial charge on any atom is -0.473 e. The number of hydrogen-bond acceptors (Lipinski definition) is 5. The van der Waals surface area contributed by atoms with Gasteiger partial charge in [-0.05, 0) is 22.8 Å². The summed E-state index contributed by atoms with van der Waals surface area (Å²) in [5.74, 6) is -3.70. The van der Waals surface area contributed by atoms with Crippen LogP contribution < -0.4 is 0 Å². The number of pyridine rings is 1. The number of carboxylic acids is 2. The Morgan fingerprint density at radius 1 is 0.765 bits per heavy atom. The summed E-state index contributed by atoms with van der Waals surface area (Å²) < 4.78 is 0. The van der Waals surface area contributed by atoms with Gasteiger partial charge in [-0.1, -0.05) is 66.7 Å². The van der Waals surface area contributed by atoms with E-state index in [0.29, 0.717) is 0 Å². The van der Waals surface area contributed by atoms with Crippen LogP contribution in [0.5, 0.6) is 0 Å². The second-order valence-corrected chi connectivity index (χ2v) is 7.83. The molecule has 1 amide bonds. The van der Waals surface area contributed by atoms with Crippen LogP contribution in [0, 0.1) is 0 Å². The Balaban J connectivity index is 0.000000481. The number of nitrogens with zero attached hydrogens (tertiary/aromatic N) is 3. The van der Waals surface area contributed by atoms with E-state index in [4.69, 9.17) is 19.8 Å². The summed E-state index contributed by atoms with van der Waals surface area (Å²) in [6, 6.07) is 24.3. The van der Waals surface area contributed by atoms with Gasteiger partial charge in [0.05, 0.1) is 5.92 Å². The van der Waals surface area contributed by atoms with Crippen LogP contribution in [0.3, 0.4) is 0 Å². The lowest BCUT2D eigenvalue weighted by atomic mass is 9.90. The van der Waals surface area contributed by atoms with Crippen LogP contribution in [0.15, 0.2) is 85.2 Å². The molecule has 2 N–H and O–H groups in total. The Kier molecular flexibility index (Phi) is 8.88. The topological polar surface area (TPSA) is 111 Å². The molecule has 1 saturated heterocycles. The molecule has 3 aromatic rings. The van der Waals surface area contributed by atoms with Crippen molar-refractivity contribution in [2.24, 2.45) is 0 Å². The molecule has 1 aliphatic rings. The van der Waals surface area contributed by atoms with Crippen LogP contribution in [-0.4, -0.2) is 69.0 Å². The molecule has 0 saturated carbocycles. The number of aromatic nitrogens is 1. The van der Waals surface area contributed by atoms with E-state index < -0.39 is 11.9 Å². The van der Waals surface area contributed by atoms with Crippen LogP contribution in [0.2, 0.25) is 0 Å². The van der Waals surface area contributed by atoms with Crippen molar-refractivity contribution >= 4 is 17.8 Å². The molecule has 8 nitrogen and oxygen atoms in total. The van der Waals surface area contributed by atoms with Crippen molar-refractivity contribution in [1.82, 2.24) is 14.8 Å². The number of benzene rings is 2. The number of rotatable bonds is 5. The third kappa shape index (κ3) is 6.98. The summed E-state index contributed by atoms with van der Waals surface area (Å²) >= 11 is 0. The number of piperazine rings is 1. The summed E-state index contributed by atoms with van der Waals surface area (Å²) in [5.41, 5.74) is 3.32. The molecule has 0 spiro atoms. The van der Waals surface area contributed by atoms with Crippen molar-refractivity contribution in [2.45, 2.75) is 12.5 Å². The first-order valence-corrected chi connectivity index (χ1v) is 10.9. The molecule has 0 bridgehead atoms. The molecule has 4 rings (SSSR count). The first-order valence-electron chi connectivity index (χ1n) is 10.9. The zero-order valence-corrected chi connectivity index (χ0v) is 18.7. The molecule has 1 aromatic heterocycles. The predicted molar refractivity (Wildman–Crippen MR) is 126 cm³/mol. The second kappa shape index (κ2) is 12.3. The average Bonchev–Trinajstić information content (AvgIpc) is 2.87. The minimum absolute atomic E-state index is 0.193. The van der Waals surface area contributed by atoms with Gasteiger partial charge in [-0.2, -0.15) is 0 Å². The van der Waals surface area contributed by atoms with Gasteiger partial charge in [0.15, 0.2) is 0 Å². The van der Waals surface area contributed by atoms with E-state index in [1.165, 1.54) is 5.56 Å². The van der Waals surface area contributed by atoms with Gasteiger partial charge >= 0.3 is 11.9 Å². The summed E-state index contributed by atoms with van der Waals surface area (Å²) in [6.45, 7) is 4.18. The van der Waals surface area contributed by atoms with Crippen molar-refractivity contribution < 1.29 is 24.6 Å². The monoisotopic (exact) mass is 461 g/mol. The number of amides is 1. The van der Waals surface area contributed by atoms with Gasteiger partial charge < -0.3 is 15.1 Å². The Morgan fingerprint density at radius 3 is 1.74 bits per heavy atom. The van der Waals surface area contributed by atoms with Gasteiger partial charge in [-0.15, -0.1) is 0 Å². The number of aliphatic carboxylic acids is 2. The fraction of sp³-hybridized carbons (Fsp3) is 0.231. The van der Waals surface area contributed by atoms with Gasteiger partial charge in [0, 0.05) is 45.1 Å². The highest BCUT2D eigenvalue weighted by Crippen LogP contribution is 2.27. The summed E-state index contributed by atoms with van der Waals surface area (Å²) in [7, 11) is 0.